The van der Waals surface area contributed by atoms with E-state index in [0.29, 0.717) is 6.04 Å². The fourth-order valence-electron chi connectivity index (χ4n) is 2.67. The molecule has 0 fully saturated rings. The first-order valence-corrected chi connectivity index (χ1v) is 6.93. The maximum absolute atomic E-state index is 4.44. The molecule has 3 nitrogen and oxygen atoms in total. The fraction of sp³-hybridized carbons (Fsp3) is 0.438. The Labute approximate surface area is 114 Å². The van der Waals surface area contributed by atoms with Gasteiger partial charge in [-0.3, -0.25) is 0 Å². The Morgan fingerprint density at radius 1 is 1.16 bits per heavy atom. The van der Waals surface area contributed by atoms with Crippen molar-refractivity contribution < 1.29 is 0 Å². The lowest BCUT2D eigenvalue weighted by Gasteiger charge is -2.27. The Kier molecular flexibility index (Phi) is 2.85. The lowest BCUT2D eigenvalue weighted by atomic mass is 9.86. The summed E-state index contributed by atoms with van der Waals surface area (Å²) in [6.45, 7) is 7.76. The van der Waals surface area contributed by atoms with Crippen molar-refractivity contribution in [1.29, 1.82) is 0 Å². The van der Waals surface area contributed by atoms with E-state index in [4.69, 9.17) is 0 Å². The molecule has 1 N–H and O–H groups in total. The second-order valence-electron chi connectivity index (χ2n) is 6.26. The summed E-state index contributed by atoms with van der Waals surface area (Å²) in [6.07, 6.45) is 2.95. The van der Waals surface area contributed by atoms with Gasteiger partial charge in [0.2, 0.25) is 0 Å². The molecule has 1 atom stereocenters. The normalized spacial score (nSPS) is 18.8. The van der Waals surface area contributed by atoms with E-state index in [0.717, 1.165) is 18.8 Å². The van der Waals surface area contributed by atoms with Crippen LogP contribution >= 0.6 is 0 Å². The summed E-state index contributed by atoms with van der Waals surface area (Å²) in [5, 5.41) is 7.82. The first-order valence-electron chi connectivity index (χ1n) is 6.93. The zero-order valence-electron chi connectivity index (χ0n) is 11.9. The van der Waals surface area contributed by atoms with E-state index < -0.39 is 0 Å². The topological polar surface area (TPSA) is 29.9 Å². The molecule has 2 heterocycles. The molecular formula is C16H21N3. The van der Waals surface area contributed by atoms with Crippen LogP contribution in [0.1, 0.15) is 44.4 Å². The van der Waals surface area contributed by atoms with Gasteiger partial charge in [0.05, 0.1) is 12.2 Å². The van der Waals surface area contributed by atoms with E-state index in [9.17, 15) is 0 Å². The van der Waals surface area contributed by atoms with Crippen LogP contribution in [0.15, 0.2) is 36.5 Å². The summed E-state index contributed by atoms with van der Waals surface area (Å²) < 4.78 is 2.09. The third-order valence-corrected chi connectivity index (χ3v) is 3.85. The van der Waals surface area contributed by atoms with Crippen LogP contribution in [-0.2, 0) is 5.41 Å². The average molecular weight is 255 g/mol. The van der Waals surface area contributed by atoms with Gasteiger partial charge in [0.25, 0.3) is 0 Å². The summed E-state index contributed by atoms with van der Waals surface area (Å²) in [6, 6.07) is 11.4. The largest absolute Gasteiger partial charge is 0.370 e. The molecule has 100 valence electrons. The maximum atomic E-state index is 4.44. The molecule has 19 heavy (non-hydrogen) atoms. The maximum Gasteiger partial charge on any atom is 0.124 e. The number of benzene rings is 1. The molecule has 1 aromatic heterocycles. The smallest absolute Gasteiger partial charge is 0.124 e. The van der Waals surface area contributed by atoms with Gasteiger partial charge in [-0.2, -0.15) is 5.10 Å². The van der Waals surface area contributed by atoms with Crippen molar-refractivity contribution in [2.45, 2.75) is 38.6 Å². The second kappa shape index (κ2) is 4.41. The van der Waals surface area contributed by atoms with Gasteiger partial charge < -0.3 is 5.32 Å². The second-order valence-corrected chi connectivity index (χ2v) is 6.26. The van der Waals surface area contributed by atoms with E-state index in [1.165, 1.54) is 11.1 Å². The van der Waals surface area contributed by atoms with Gasteiger partial charge in [-0.15, -0.1) is 0 Å². The predicted molar refractivity (Wildman–Crippen MR) is 78.6 cm³/mol. The van der Waals surface area contributed by atoms with Crippen LogP contribution in [0.2, 0.25) is 0 Å². The van der Waals surface area contributed by atoms with Crippen LogP contribution in [0, 0.1) is 0 Å². The highest BCUT2D eigenvalue weighted by Gasteiger charge is 2.22. The summed E-state index contributed by atoms with van der Waals surface area (Å²) >= 11 is 0. The van der Waals surface area contributed by atoms with Crippen LogP contribution in [0.25, 0.3) is 0 Å². The van der Waals surface area contributed by atoms with Gasteiger partial charge in [-0.25, -0.2) is 4.68 Å². The number of anilines is 1. The number of nitrogens with one attached hydrogen (secondary N) is 1. The van der Waals surface area contributed by atoms with E-state index in [2.05, 4.69) is 60.1 Å². The first kappa shape index (κ1) is 12.3. The molecule has 0 saturated heterocycles. The standard InChI is InChI=1S/C16H21N3/c1-16(2,3)13-6-4-12(5-7-13)14-8-10-17-15-9-11-18-19(14)15/h4-7,9,11,14,17H,8,10H2,1-3H3. The minimum atomic E-state index is 0.212. The molecule has 0 spiro atoms. The quantitative estimate of drug-likeness (QED) is 0.844. The monoisotopic (exact) mass is 255 g/mol. The molecule has 0 amide bonds. The molecule has 1 aliphatic rings. The molecule has 1 aliphatic heterocycles. The third kappa shape index (κ3) is 2.25. The minimum absolute atomic E-state index is 0.212. The van der Waals surface area contributed by atoms with Crippen molar-refractivity contribution in [3.05, 3.63) is 47.7 Å². The first-order chi connectivity index (χ1) is 9.05. The lowest BCUT2D eigenvalue weighted by molar-refractivity contribution is 0.481. The van der Waals surface area contributed by atoms with Crippen LogP contribution in [0.4, 0.5) is 5.82 Å². The predicted octanol–water partition coefficient (Wildman–Crippen LogP) is 3.59. The molecule has 2 aromatic rings. The molecule has 0 saturated carbocycles. The van der Waals surface area contributed by atoms with Crippen molar-refractivity contribution in [3.8, 4) is 0 Å². The van der Waals surface area contributed by atoms with Crippen molar-refractivity contribution in [2.75, 3.05) is 11.9 Å². The van der Waals surface area contributed by atoms with Crippen LogP contribution < -0.4 is 5.32 Å². The number of hydrogen-bond acceptors (Lipinski definition) is 2. The van der Waals surface area contributed by atoms with Gasteiger partial charge >= 0.3 is 0 Å². The highest BCUT2D eigenvalue weighted by Crippen LogP contribution is 2.30. The third-order valence-electron chi connectivity index (χ3n) is 3.85. The highest BCUT2D eigenvalue weighted by molar-refractivity contribution is 5.39. The van der Waals surface area contributed by atoms with Crippen molar-refractivity contribution in [2.24, 2.45) is 0 Å². The summed E-state index contributed by atoms with van der Waals surface area (Å²) in [5.41, 5.74) is 2.94. The molecule has 3 heteroatoms. The molecule has 0 radical (unpaired) electrons. The molecular weight excluding hydrogens is 234 g/mol. The van der Waals surface area contributed by atoms with Gasteiger partial charge in [-0.05, 0) is 23.0 Å². The van der Waals surface area contributed by atoms with Crippen LogP contribution in [-0.4, -0.2) is 16.3 Å². The van der Waals surface area contributed by atoms with E-state index in [1.54, 1.807) is 0 Å². The molecule has 1 aromatic carbocycles. The zero-order valence-corrected chi connectivity index (χ0v) is 11.9. The number of hydrogen-bond donors (Lipinski definition) is 1. The van der Waals surface area contributed by atoms with E-state index in [1.807, 2.05) is 12.3 Å². The van der Waals surface area contributed by atoms with Crippen molar-refractivity contribution >= 4 is 5.82 Å². The van der Waals surface area contributed by atoms with Gasteiger partial charge in [0, 0.05) is 12.6 Å². The van der Waals surface area contributed by atoms with Crippen molar-refractivity contribution in [3.63, 3.8) is 0 Å². The van der Waals surface area contributed by atoms with Crippen LogP contribution in [0.3, 0.4) is 0 Å². The molecule has 1 unspecified atom stereocenters. The number of rotatable bonds is 1. The Bertz CT molecular complexity index is 560. The SMILES string of the molecule is CC(C)(C)c1ccc(C2CCNc3ccnn32)cc1. The molecule has 0 bridgehead atoms. The number of fused-ring (bicyclic) bond motifs is 1. The summed E-state index contributed by atoms with van der Waals surface area (Å²) in [4.78, 5) is 0. The van der Waals surface area contributed by atoms with Crippen LogP contribution in [0.5, 0.6) is 0 Å². The van der Waals surface area contributed by atoms with Gasteiger partial charge in [0.1, 0.15) is 5.82 Å². The summed E-state index contributed by atoms with van der Waals surface area (Å²) in [7, 11) is 0. The zero-order chi connectivity index (χ0) is 13.5. The Balaban J connectivity index is 1.93. The van der Waals surface area contributed by atoms with Crippen molar-refractivity contribution in [1.82, 2.24) is 9.78 Å². The Morgan fingerprint density at radius 2 is 1.89 bits per heavy atom. The number of nitrogens with zero attached hydrogens (tertiary/aromatic N) is 2. The number of aromatic nitrogens is 2. The highest BCUT2D eigenvalue weighted by atomic mass is 15.4. The molecule has 0 aliphatic carbocycles. The average Bonchev–Trinajstić information content (AvgIpc) is 2.86. The lowest BCUT2D eigenvalue weighted by Crippen LogP contribution is -2.24. The Morgan fingerprint density at radius 3 is 2.58 bits per heavy atom. The minimum Gasteiger partial charge on any atom is -0.370 e. The summed E-state index contributed by atoms with van der Waals surface area (Å²) in [5.74, 6) is 1.12. The van der Waals surface area contributed by atoms with E-state index in [-0.39, 0.29) is 5.41 Å². The Hall–Kier alpha value is -1.77. The fourth-order valence-corrected chi connectivity index (χ4v) is 2.67. The van der Waals surface area contributed by atoms with Gasteiger partial charge in [0.15, 0.2) is 0 Å². The van der Waals surface area contributed by atoms with E-state index >= 15 is 0 Å². The van der Waals surface area contributed by atoms with Gasteiger partial charge in [-0.1, -0.05) is 45.0 Å². The molecule has 3 rings (SSSR count).